The molecule has 0 unspecified atom stereocenters. The van der Waals surface area contributed by atoms with Gasteiger partial charge in [0.2, 0.25) is 6.79 Å². The number of amides is 1. The van der Waals surface area contributed by atoms with Crippen LogP contribution in [0.25, 0.3) is 0 Å². The van der Waals surface area contributed by atoms with Crippen LogP contribution in [0.2, 0.25) is 5.02 Å². The summed E-state index contributed by atoms with van der Waals surface area (Å²) in [5.41, 5.74) is 4.89. The van der Waals surface area contributed by atoms with Gasteiger partial charge < -0.3 is 9.47 Å². The quantitative estimate of drug-likeness (QED) is 0.663. The van der Waals surface area contributed by atoms with E-state index < -0.39 is 0 Å². The minimum atomic E-state index is -0.284. The Morgan fingerprint density at radius 1 is 1.16 bits per heavy atom. The molecule has 2 aromatic carbocycles. The van der Waals surface area contributed by atoms with E-state index in [0.717, 1.165) is 0 Å². The van der Waals surface area contributed by atoms with Crippen LogP contribution < -0.4 is 14.9 Å². The van der Waals surface area contributed by atoms with E-state index in [1.54, 1.807) is 24.3 Å². The fourth-order valence-electron chi connectivity index (χ4n) is 2.38. The van der Waals surface area contributed by atoms with Crippen molar-refractivity contribution in [1.82, 2.24) is 5.43 Å². The second kappa shape index (κ2) is 6.76. The number of rotatable bonds is 3. The summed E-state index contributed by atoms with van der Waals surface area (Å²) in [5, 5.41) is 4.44. The second-order valence-corrected chi connectivity index (χ2v) is 7.16. The van der Waals surface area contributed by atoms with Crippen LogP contribution in [0.4, 0.5) is 0 Å². The van der Waals surface area contributed by atoms with Crippen LogP contribution in [0.15, 0.2) is 41.5 Å². The summed E-state index contributed by atoms with van der Waals surface area (Å²) in [6.45, 7) is 6.55. The molecule has 130 valence electrons. The smallest absolute Gasteiger partial charge is 0.271 e. The van der Waals surface area contributed by atoms with E-state index in [9.17, 15) is 4.79 Å². The van der Waals surface area contributed by atoms with Crippen LogP contribution in [0.1, 0.15) is 42.3 Å². The fourth-order valence-corrected chi connectivity index (χ4v) is 2.58. The van der Waals surface area contributed by atoms with Gasteiger partial charge in [0.1, 0.15) is 0 Å². The van der Waals surface area contributed by atoms with E-state index in [2.05, 4.69) is 31.3 Å². The Balaban J connectivity index is 1.67. The van der Waals surface area contributed by atoms with Crippen molar-refractivity contribution in [2.24, 2.45) is 5.10 Å². The lowest BCUT2D eigenvalue weighted by molar-refractivity contribution is 0.0955. The lowest BCUT2D eigenvalue weighted by Crippen LogP contribution is -2.18. The van der Waals surface area contributed by atoms with Gasteiger partial charge in [-0.15, -0.1) is 0 Å². The molecule has 0 aromatic heterocycles. The number of carbonyl (C=O) groups excluding carboxylic acids is 1. The third-order valence-electron chi connectivity index (χ3n) is 3.87. The molecular weight excluding hydrogens is 340 g/mol. The van der Waals surface area contributed by atoms with Gasteiger partial charge in [-0.25, -0.2) is 5.43 Å². The van der Waals surface area contributed by atoms with E-state index in [4.69, 9.17) is 21.1 Å². The third-order valence-corrected chi connectivity index (χ3v) is 4.20. The maximum absolute atomic E-state index is 12.2. The fraction of sp³-hybridized carbons (Fsp3) is 0.263. The molecule has 0 saturated heterocycles. The summed E-state index contributed by atoms with van der Waals surface area (Å²) in [6.07, 6.45) is 1.48. The molecule has 0 bridgehead atoms. The lowest BCUT2D eigenvalue weighted by atomic mass is 9.87. The molecule has 0 radical (unpaired) electrons. The molecule has 5 nitrogen and oxygen atoms in total. The van der Waals surface area contributed by atoms with Crippen LogP contribution >= 0.6 is 11.6 Å². The number of benzene rings is 2. The van der Waals surface area contributed by atoms with Crippen LogP contribution in [-0.4, -0.2) is 18.9 Å². The highest BCUT2D eigenvalue weighted by Crippen LogP contribution is 2.36. The Morgan fingerprint density at radius 2 is 1.80 bits per heavy atom. The van der Waals surface area contributed by atoms with Gasteiger partial charge in [0.15, 0.2) is 11.5 Å². The van der Waals surface area contributed by atoms with Crippen molar-refractivity contribution < 1.29 is 14.3 Å². The molecule has 3 rings (SSSR count). The Labute approximate surface area is 151 Å². The number of hydrogen-bond donors (Lipinski definition) is 1. The van der Waals surface area contributed by atoms with Gasteiger partial charge in [-0.2, -0.15) is 5.10 Å². The number of carbonyl (C=O) groups is 1. The number of ether oxygens (including phenoxy) is 2. The van der Waals surface area contributed by atoms with Crippen LogP contribution in [0, 0.1) is 0 Å². The molecule has 1 heterocycles. The predicted molar refractivity (Wildman–Crippen MR) is 97.8 cm³/mol. The van der Waals surface area contributed by atoms with Crippen molar-refractivity contribution in [3.63, 3.8) is 0 Å². The number of hydrogen-bond acceptors (Lipinski definition) is 4. The zero-order valence-corrected chi connectivity index (χ0v) is 15.1. The van der Waals surface area contributed by atoms with Crippen molar-refractivity contribution in [1.29, 1.82) is 0 Å². The Morgan fingerprint density at radius 3 is 2.44 bits per heavy atom. The molecule has 1 aliphatic rings. The summed E-state index contributed by atoms with van der Waals surface area (Å²) in [4.78, 5) is 12.2. The molecule has 0 fully saturated rings. The predicted octanol–water partition coefficient (Wildman–Crippen LogP) is 4.13. The Kier molecular flexibility index (Phi) is 4.68. The molecule has 25 heavy (non-hydrogen) atoms. The van der Waals surface area contributed by atoms with Crippen molar-refractivity contribution in [3.05, 3.63) is 58.1 Å². The van der Waals surface area contributed by atoms with E-state index >= 15 is 0 Å². The number of hydrazone groups is 1. The van der Waals surface area contributed by atoms with E-state index in [-0.39, 0.29) is 18.1 Å². The monoisotopic (exact) mass is 358 g/mol. The summed E-state index contributed by atoms with van der Waals surface area (Å²) >= 11 is 6.16. The lowest BCUT2D eigenvalue weighted by Gasteiger charge is -2.18. The summed E-state index contributed by atoms with van der Waals surface area (Å²) < 4.78 is 10.5. The molecule has 0 aliphatic carbocycles. The van der Waals surface area contributed by atoms with Crippen molar-refractivity contribution in [2.75, 3.05) is 6.79 Å². The van der Waals surface area contributed by atoms with E-state index in [1.165, 1.54) is 11.8 Å². The first kappa shape index (κ1) is 17.3. The van der Waals surface area contributed by atoms with Crippen molar-refractivity contribution >= 4 is 23.7 Å². The van der Waals surface area contributed by atoms with Crippen LogP contribution in [0.3, 0.4) is 0 Å². The average Bonchev–Trinajstić information content (AvgIpc) is 3.01. The van der Waals surface area contributed by atoms with Crippen LogP contribution in [0.5, 0.6) is 11.5 Å². The van der Waals surface area contributed by atoms with E-state index in [0.29, 0.717) is 27.6 Å². The minimum Gasteiger partial charge on any atom is -0.454 e. The first-order chi connectivity index (χ1) is 11.8. The number of fused-ring (bicyclic) bond motifs is 1. The Bertz CT molecular complexity index is 824. The maximum atomic E-state index is 12.2. The van der Waals surface area contributed by atoms with Crippen molar-refractivity contribution in [2.45, 2.75) is 26.2 Å². The molecular formula is C19H19ClN2O3. The van der Waals surface area contributed by atoms with Crippen LogP contribution in [-0.2, 0) is 5.41 Å². The SMILES string of the molecule is CC(C)(C)c1ccc(C(=O)NN=Cc2cc3c(cc2Cl)OCO3)cc1. The summed E-state index contributed by atoms with van der Waals surface area (Å²) in [5.74, 6) is 0.925. The largest absolute Gasteiger partial charge is 0.454 e. The highest BCUT2D eigenvalue weighted by Gasteiger charge is 2.16. The first-order valence-electron chi connectivity index (χ1n) is 7.88. The standard InChI is InChI=1S/C19H19ClN2O3/c1-19(2,3)14-6-4-12(5-7-14)18(23)22-21-10-13-8-16-17(9-15(13)20)25-11-24-16/h4-10H,11H2,1-3H3,(H,22,23). The highest BCUT2D eigenvalue weighted by molar-refractivity contribution is 6.33. The molecule has 0 saturated carbocycles. The maximum Gasteiger partial charge on any atom is 0.271 e. The summed E-state index contributed by atoms with van der Waals surface area (Å²) in [6, 6.07) is 10.9. The Hall–Kier alpha value is -2.53. The van der Waals surface area contributed by atoms with Crippen molar-refractivity contribution in [3.8, 4) is 11.5 Å². The zero-order chi connectivity index (χ0) is 18.0. The summed E-state index contributed by atoms with van der Waals surface area (Å²) in [7, 11) is 0. The van der Waals surface area contributed by atoms with E-state index in [1.807, 2.05) is 12.1 Å². The molecule has 2 aromatic rings. The molecule has 1 N–H and O–H groups in total. The van der Waals surface area contributed by atoms with Gasteiger partial charge in [-0.05, 0) is 29.2 Å². The highest BCUT2D eigenvalue weighted by atomic mass is 35.5. The topological polar surface area (TPSA) is 59.9 Å². The zero-order valence-electron chi connectivity index (χ0n) is 14.3. The molecule has 0 spiro atoms. The number of nitrogens with one attached hydrogen (secondary N) is 1. The van der Waals surface area contributed by atoms with Gasteiger partial charge >= 0.3 is 0 Å². The van der Waals surface area contributed by atoms with Gasteiger partial charge in [-0.3, -0.25) is 4.79 Å². The number of halogens is 1. The third kappa shape index (κ3) is 3.94. The molecule has 1 amide bonds. The first-order valence-corrected chi connectivity index (χ1v) is 8.25. The number of nitrogens with zero attached hydrogens (tertiary/aromatic N) is 1. The minimum absolute atomic E-state index is 0.0449. The van der Waals surface area contributed by atoms with Gasteiger partial charge in [0.05, 0.1) is 11.2 Å². The molecule has 1 aliphatic heterocycles. The second-order valence-electron chi connectivity index (χ2n) is 6.75. The van der Waals surface area contributed by atoms with Gasteiger partial charge in [0.25, 0.3) is 5.91 Å². The van der Waals surface area contributed by atoms with Gasteiger partial charge in [-0.1, -0.05) is 44.5 Å². The molecule has 6 heteroatoms. The van der Waals surface area contributed by atoms with Gasteiger partial charge in [0, 0.05) is 17.2 Å². The molecule has 0 atom stereocenters. The normalized spacial score (nSPS) is 13.3. The average molecular weight is 359 g/mol.